The number of fused-ring (bicyclic) bond motifs is 1. The van der Waals surface area contributed by atoms with E-state index in [0.717, 1.165) is 56.7 Å². The Morgan fingerprint density at radius 2 is 2.00 bits per heavy atom. The molecule has 8 heteroatoms. The van der Waals surface area contributed by atoms with E-state index >= 15 is 0 Å². The van der Waals surface area contributed by atoms with E-state index in [0.29, 0.717) is 34.4 Å². The van der Waals surface area contributed by atoms with Gasteiger partial charge in [-0.3, -0.25) is 4.79 Å². The summed E-state index contributed by atoms with van der Waals surface area (Å²) < 4.78 is 6.09. The maximum absolute atomic E-state index is 13.1. The first-order valence-electron chi connectivity index (χ1n) is 11.6. The van der Waals surface area contributed by atoms with Crippen molar-refractivity contribution in [2.75, 3.05) is 24.6 Å². The molecule has 33 heavy (non-hydrogen) atoms. The first-order chi connectivity index (χ1) is 16.1. The number of carbonyl (C=O) groups is 1. The molecule has 0 bridgehead atoms. The van der Waals surface area contributed by atoms with Crippen molar-refractivity contribution in [3.63, 3.8) is 0 Å². The molecular formula is C25H27ClN4O3. The highest BCUT2D eigenvalue weighted by molar-refractivity contribution is 6.31. The predicted molar refractivity (Wildman–Crippen MR) is 124 cm³/mol. The summed E-state index contributed by atoms with van der Waals surface area (Å²) >= 11 is 6.12. The third kappa shape index (κ3) is 4.38. The number of halogens is 1. The third-order valence-electron chi connectivity index (χ3n) is 7.09. The van der Waals surface area contributed by atoms with Crippen LogP contribution in [0.2, 0.25) is 5.02 Å². The summed E-state index contributed by atoms with van der Waals surface area (Å²) in [6.07, 6.45) is 4.52. The van der Waals surface area contributed by atoms with E-state index < -0.39 is 0 Å². The molecule has 1 aromatic carbocycles. The molecule has 1 atom stereocenters. The number of nitrogens with zero attached hydrogens (tertiary/aromatic N) is 4. The van der Waals surface area contributed by atoms with E-state index in [4.69, 9.17) is 26.6 Å². The molecule has 0 unspecified atom stereocenters. The standard InChI is InChI=1S/C25H27ClN4O3/c26-22-11-20(4-1-17(22)12-27)33-19-5-2-18(3-6-19)30-14-23-21(25(30)32)7-8-24(28-23)29-10-9-16(13-29)15-31/h1,4,7-8,11,16,18-19,31H,2-3,5-6,9-10,13-15H2/t16-,18?,19?/m1/s1. The number of pyridine rings is 1. The van der Waals surface area contributed by atoms with Gasteiger partial charge < -0.3 is 19.6 Å². The second-order valence-electron chi connectivity index (χ2n) is 9.18. The monoisotopic (exact) mass is 466 g/mol. The fourth-order valence-corrected chi connectivity index (χ4v) is 5.39. The minimum atomic E-state index is 0.0712. The summed E-state index contributed by atoms with van der Waals surface area (Å²) in [5, 5.41) is 18.8. The molecule has 1 saturated carbocycles. The number of aliphatic hydroxyl groups is 1. The Hall–Kier alpha value is -2.82. The summed E-state index contributed by atoms with van der Waals surface area (Å²) in [7, 11) is 0. The molecule has 3 heterocycles. The van der Waals surface area contributed by atoms with Gasteiger partial charge in [0.1, 0.15) is 17.6 Å². The zero-order valence-corrected chi connectivity index (χ0v) is 19.2. The molecule has 1 aliphatic carbocycles. The molecule has 0 radical (unpaired) electrons. The Bertz CT molecular complexity index is 1090. The predicted octanol–water partition coefficient (Wildman–Crippen LogP) is 3.77. The molecule has 2 fully saturated rings. The fourth-order valence-electron chi connectivity index (χ4n) is 5.18. The summed E-state index contributed by atoms with van der Waals surface area (Å²) in [5.41, 5.74) is 2.01. The second-order valence-corrected chi connectivity index (χ2v) is 9.59. The number of anilines is 1. The van der Waals surface area contributed by atoms with Crippen LogP contribution in [0.15, 0.2) is 30.3 Å². The molecule has 1 amide bonds. The van der Waals surface area contributed by atoms with Crippen LogP contribution in [0, 0.1) is 17.2 Å². The van der Waals surface area contributed by atoms with Crippen molar-refractivity contribution >= 4 is 23.3 Å². The minimum Gasteiger partial charge on any atom is -0.490 e. The van der Waals surface area contributed by atoms with Gasteiger partial charge in [-0.1, -0.05) is 11.6 Å². The number of carbonyl (C=O) groups excluding carboxylic acids is 1. The number of hydrogen-bond donors (Lipinski definition) is 1. The number of rotatable bonds is 5. The molecule has 1 aromatic heterocycles. The molecule has 2 aromatic rings. The van der Waals surface area contributed by atoms with Gasteiger partial charge in [-0.15, -0.1) is 0 Å². The minimum absolute atomic E-state index is 0.0712. The lowest BCUT2D eigenvalue weighted by atomic mass is 9.92. The van der Waals surface area contributed by atoms with Crippen LogP contribution in [0.25, 0.3) is 0 Å². The summed E-state index contributed by atoms with van der Waals surface area (Å²) in [6, 6.07) is 11.2. The fraction of sp³-hybridized carbons (Fsp3) is 0.480. The maximum atomic E-state index is 13.1. The topological polar surface area (TPSA) is 89.7 Å². The van der Waals surface area contributed by atoms with Crippen molar-refractivity contribution in [3.8, 4) is 11.8 Å². The number of ether oxygens (including phenoxy) is 1. The zero-order chi connectivity index (χ0) is 22.9. The number of nitriles is 1. The van der Waals surface area contributed by atoms with E-state index in [1.54, 1.807) is 18.2 Å². The van der Waals surface area contributed by atoms with Gasteiger partial charge in [-0.2, -0.15) is 5.26 Å². The number of benzene rings is 1. The van der Waals surface area contributed by atoms with Crippen LogP contribution in [0.4, 0.5) is 5.82 Å². The summed E-state index contributed by atoms with van der Waals surface area (Å²) in [4.78, 5) is 22.0. The SMILES string of the molecule is N#Cc1ccc(OC2CCC(N3Cc4nc(N5CC[C@@H](CO)C5)ccc4C3=O)CC2)cc1Cl. The van der Waals surface area contributed by atoms with Crippen LogP contribution in [-0.4, -0.2) is 52.7 Å². The number of hydrogen-bond acceptors (Lipinski definition) is 6. The van der Waals surface area contributed by atoms with Crippen molar-refractivity contribution in [2.45, 2.75) is 50.8 Å². The van der Waals surface area contributed by atoms with Gasteiger partial charge in [0.05, 0.1) is 34.5 Å². The van der Waals surface area contributed by atoms with Gasteiger partial charge in [0.2, 0.25) is 0 Å². The summed E-state index contributed by atoms with van der Waals surface area (Å²) in [5.74, 6) is 1.95. The highest BCUT2D eigenvalue weighted by atomic mass is 35.5. The summed E-state index contributed by atoms with van der Waals surface area (Å²) in [6.45, 7) is 2.47. The highest BCUT2D eigenvalue weighted by Crippen LogP contribution is 2.34. The molecule has 5 rings (SSSR count). The Labute approximate surface area is 198 Å². The Balaban J connectivity index is 1.19. The second kappa shape index (κ2) is 9.20. The van der Waals surface area contributed by atoms with Crippen molar-refractivity contribution < 1.29 is 14.6 Å². The van der Waals surface area contributed by atoms with E-state index in [2.05, 4.69) is 11.0 Å². The zero-order valence-electron chi connectivity index (χ0n) is 18.4. The van der Waals surface area contributed by atoms with E-state index in [-0.39, 0.29) is 24.7 Å². The molecule has 172 valence electrons. The van der Waals surface area contributed by atoms with Crippen molar-refractivity contribution in [1.82, 2.24) is 9.88 Å². The van der Waals surface area contributed by atoms with Gasteiger partial charge in [-0.05, 0) is 56.4 Å². The van der Waals surface area contributed by atoms with Crippen LogP contribution < -0.4 is 9.64 Å². The van der Waals surface area contributed by atoms with Gasteiger partial charge in [0.25, 0.3) is 5.91 Å². The average Bonchev–Trinajstić information content (AvgIpc) is 3.44. The van der Waals surface area contributed by atoms with Gasteiger partial charge in [-0.25, -0.2) is 4.98 Å². The lowest BCUT2D eigenvalue weighted by Crippen LogP contribution is -2.40. The Morgan fingerprint density at radius 3 is 2.70 bits per heavy atom. The molecule has 2 aliphatic heterocycles. The van der Waals surface area contributed by atoms with E-state index in [9.17, 15) is 9.90 Å². The van der Waals surface area contributed by atoms with Crippen molar-refractivity contribution in [2.24, 2.45) is 5.92 Å². The Kier molecular flexibility index (Phi) is 6.13. The average molecular weight is 467 g/mol. The molecule has 3 aliphatic rings. The molecular weight excluding hydrogens is 440 g/mol. The molecule has 0 spiro atoms. The smallest absolute Gasteiger partial charge is 0.256 e. The highest BCUT2D eigenvalue weighted by Gasteiger charge is 2.36. The number of amides is 1. The first-order valence-corrected chi connectivity index (χ1v) is 12.0. The van der Waals surface area contributed by atoms with Crippen LogP contribution >= 0.6 is 11.6 Å². The molecule has 1 N–H and O–H groups in total. The lowest BCUT2D eigenvalue weighted by molar-refractivity contribution is 0.0560. The maximum Gasteiger partial charge on any atom is 0.256 e. The number of aromatic nitrogens is 1. The van der Waals surface area contributed by atoms with Crippen molar-refractivity contribution in [3.05, 3.63) is 52.2 Å². The van der Waals surface area contributed by atoms with E-state index in [1.165, 1.54) is 0 Å². The molecule has 1 saturated heterocycles. The van der Waals surface area contributed by atoms with Crippen molar-refractivity contribution in [1.29, 1.82) is 5.26 Å². The van der Waals surface area contributed by atoms with Crippen LogP contribution in [0.5, 0.6) is 5.75 Å². The third-order valence-corrected chi connectivity index (χ3v) is 7.40. The number of aliphatic hydroxyl groups excluding tert-OH is 1. The molecule has 7 nitrogen and oxygen atoms in total. The van der Waals surface area contributed by atoms with E-state index in [1.807, 2.05) is 17.0 Å². The lowest BCUT2D eigenvalue weighted by Gasteiger charge is -2.34. The van der Waals surface area contributed by atoms with Crippen LogP contribution in [0.3, 0.4) is 0 Å². The Morgan fingerprint density at radius 1 is 1.18 bits per heavy atom. The van der Waals surface area contributed by atoms with Crippen LogP contribution in [-0.2, 0) is 6.54 Å². The van der Waals surface area contributed by atoms with Crippen LogP contribution in [0.1, 0.15) is 53.7 Å². The van der Waals surface area contributed by atoms with Gasteiger partial charge in [0, 0.05) is 37.7 Å². The largest absolute Gasteiger partial charge is 0.490 e. The van der Waals surface area contributed by atoms with Gasteiger partial charge in [0.15, 0.2) is 0 Å². The quantitative estimate of drug-likeness (QED) is 0.721. The van der Waals surface area contributed by atoms with Gasteiger partial charge >= 0.3 is 0 Å². The normalized spacial score (nSPS) is 24.6. The first kappa shape index (κ1) is 22.0.